The van der Waals surface area contributed by atoms with Gasteiger partial charge in [-0.25, -0.2) is 0 Å². The lowest BCUT2D eigenvalue weighted by Gasteiger charge is -2.32. The standard InChI is InChI=1S/C19H22N4O2/c24-19(20-18-9-8-16(21-22-18)15-6-7-15)17-13-23(10-11-25-17)12-14-4-2-1-3-5-14/h1-5,8-9,15,17H,6-7,10-13H2,(H,20,22,24)/t17-/m0/s1. The molecule has 1 aromatic carbocycles. The number of ether oxygens (including phenoxy) is 1. The van der Waals surface area contributed by atoms with E-state index in [9.17, 15) is 4.79 Å². The zero-order valence-electron chi connectivity index (χ0n) is 14.1. The third-order valence-electron chi connectivity index (χ3n) is 4.62. The SMILES string of the molecule is O=C(Nc1ccc(C2CC2)nn1)[C@@H]1CN(Cc2ccccc2)CCO1. The van der Waals surface area contributed by atoms with Gasteiger partial charge in [0.1, 0.15) is 6.10 Å². The fourth-order valence-electron chi connectivity index (χ4n) is 3.06. The van der Waals surface area contributed by atoms with Crippen LogP contribution in [0, 0.1) is 0 Å². The van der Waals surface area contributed by atoms with E-state index < -0.39 is 6.10 Å². The van der Waals surface area contributed by atoms with Crippen molar-refractivity contribution in [3.05, 3.63) is 53.7 Å². The lowest BCUT2D eigenvalue weighted by Crippen LogP contribution is -2.47. The minimum Gasteiger partial charge on any atom is -0.366 e. The lowest BCUT2D eigenvalue weighted by molar-refractivity contribution is -0.133. The molecule has 130 valence electrons. The normalized spacial score (nSPS) is 21.0. The maximum atomic E-state index is 12.5. The first-order valence-corrected chi connectivity index (χ1v) is 8.80. The fraction of sp³-hybridized carbons (Fsp3) is 0.421. The van der Waals surface area contributed by atoms with Crippen molar-refractivity contribution in [3.63, 3.8) is 0 Å². The first kappa shape index (κ1) is 16.2. The largest absolute Gasteiger partial charge is 0.366 e. The second-order valence-corrected chi connectivity index (χ2v) is 6.69. The third-order valence-corrected chi connectivity index (χ3v) is 4.62. The molecule has 1 atom stereocenters. The number of hydrogen-bond donors (Lipinski definition) is 1. The molecular formula is C19H22N4O2. The van der Waals surface area contributed by atoms with Gasteiger partial charge in [-0.15, -0.1) is 5.10 Å². The predicted octanol–water partition coefficient (Wildman–Crippen LogP) is 2.19. The minimum atomic E-state index is -0.484. The van der Waals surface area contributed by atoms with Gasteiger partial charge in [0.2, 0.25) is 0 Å². The van der Waals surface area contributed by atoms with Crippen molar-refractivity contribution in [1.82, 2.24) is 15.1 Å². The van der Waals surface area contributed by atoms with Crippen molar-refractivity contribution in [2.24, 2.45) is 0 Å². The zero-order valence-corrected chi connectivity index (χ0v) is 14.1. The van der Waals surface area contributed by atoms with Crippen LogP contribution < -0.4 is 5.32 Å². The zero-order chi connectivity index (χ0) is 17.1. The number of anilines is 1. The molecule has 2 aromatic rings. The number of aromatic nitrogens is 2. The molecular weight excluding hydrogens is 316 g/mol. The van der Waals surface area contributed by atoms with E-state index in [1.165, 1.54) is 18.4 Å². The third kappa shape index (κ3) is 4.21. The molecule has 25 heavy (non-hydrogen) atoms. The summed E-state index contributed by atoms with van der Waals surface area (Å²) in [5.41, 5.74) is 2.26. The average molecular weight is 338 g/mol. The Morgan fingerprint density at radius 2 is 2.00 bits per heavy atom. The molecule has 2 aliphatic rings. The van der Waals surface area contributed by atoms with Crippen molar-refractivity contribution in [2.75, 3.05) is 25.0 Å². The fourth-order valence-corrected chi connectivity index (χ4v) is 3.06. The summed E-state index contributed by atoms with van der Waals surface area (Å²) in [6.45, 7) is 2.78. The van der Waals surface area contributed by atoms with E-state index in [1.54, 1.807) is 0 Å². The molecule has 1 saturated carbocycles. The minimum absolute atomic E-state index is 0.161. The van der Waals surface area contributed by atoms with Gasteiger partial charge in [-0.1, -0.05) is 30.3 Å². The molecule has 6 heteroatoms. The molecule has 1 saturated heterocycles. The van der Waals surface area contributed by atoms with Crippen molar-refractivity contribution in [2.45, 2.75) is 31.4 Å². The van der Waals surface area contributed by atoms with Crippen molar-refractivity contribution < 1.29 is 9.53 Å². The van der Waals surface area contributed by atoms with Crippen LogP contribution in [0.15, 0.2) is 42.5 Å². The second kappa shape index (κ2) is 7.29. The molecule has 6 nitrogen and oxygen atoms in total. The lowest BCUT2D eigenvalue weighted by atomic mass is 10.2. The molecule has 4 rings (SSSR count). The van der Waals surface area contributed by atoms with E-state index in [0.717, 1.165) is 18.8 Å². The number of morpholine rings is 1. The van der Waals surface area contributed by atoms with Gasteiger partial charge in [0.05, 0.1) is 12.3 Å². The average Bonchev–Trinajstić information content (AvgIpc) is 3.49. The Kier molecular flexibility index (Phi) is 4.72. The van der Waals surface area contributed by atoms with Crippen LogP contribution in [0.25, 0.3) is 0 Å². The Labute approximate surface area is 147 Å². The quantitative estimate of drug-likeness (QED) is 0.905. The van der Waals surface area contributed by atoms with Gasteiger partial charge in [0.25, 0.3) is 5.91 Å². The molecule has 1 N–H and O–H groups in total. The van der Waals surface area contributed by atoms with E-state index >= 15 is 0 Å². The summed E-state index contributed by atoms with van der Waals surface area (Å²) < 4.78 is 5.65. The highest BCUT2D eigenvalue weighted by Crippen LogP contribution is 2.38. The van der Waals surface area contributed by atoms with Gasteiger partial charge in [-0.3, -0.25) is 9.69 Å². The Bertz CT molecular complexity index is 716. The van der Waals surface area contributed by atoms with Crippen LogP contribution in [0.3, 0.4) is 0 Å². The van der Waals surface area contributed by atoms with E-state index in [0.29, 0.717) is 24.9 Å². The van der Waals surface area contributed by atoms with E-state index in [2.05, 4.69) is 32.5 Å². The van der Waals surface area contributed by atoms with E-state index in [4.69, 9.17) is 4.74 Å². The van der Waals surface area contributed by atoms with Crippen LogP contribution in [0.5, 0.6) is 0 Å². The summed E-state index contributed by atoms with van der Waals surface area (Å²) in [5, 5.41) is 11.1. The topological polar surface area (TPSA) is 67.4 Å². The van der Waals surface area contributed by atoms with Gasteiger partial charge >= 0.3 is 0 Å². The molecule has 2 heterocycles. The molecule has 2 fully saturated rings. The van der Waals surface area contributed by atoms with Gasteiger partial charge in [-0.2, -0.15) is 5.10 Å². The highest BCUT2D eigenvalue weighted by atomic mass is 16.5. The first-order valence-electron chi connectivity index (χ1n) is 8.80. The van der Waals surface area contributed by atoms with Crippen LogP contribution in [0.1, 0.15) is 30.0 Å². The summed E-state index contributed by atoms with van der Waals surface area (Å²) in [7, 11) is 0. The summed E-state index contributed by atoms with van der Waals surface area (Å²) in [4.78, 5) is 14.7. The molecule has 1 aromatic heterocycles. The van der Waals surface area contributed by atoms with E-state index in [1.807, 2.05) is 30.3 Å². The summed E-state index contributed by atoms with van der Waals surface area (Å²) in [6.07, 6.45) is 1.89. The number of benzene rings is 1. The molecule has 1 aliphatic carbocycles. The monoisotopic (exact) mass is 338 g/mol. The van der Waals surface area contributed by atoms with Gasteiger partial charge in [-0.05, 0) is 30.5 Å². The number of carbonyl (C=O) groups is 1. The van der Waals surface area contributed by atoms with Crippen LogP contribution in [0.2, 0.25) is 0 Å². The molecule has 1 amide bonds. The van der Waals surface area contributed by atoms with Gasteiger partial charge in [0, 0.05) is 25.6 Å². The molecule has 0 spiro atoms. The molecule has 0 unspecified atom stereocenters. The Morgan fingerprint density at radius 1 is 1.16 bits per heavy atom. The van der Waals surface area contributed by atoms with Crippen molar-refractivity contribution in [1.29, 1.82) is 0 Å². The van der Waals surface area contributed by atoms with Crippen molar-refractivity contribution in [3.8, 4) is 0 Å². The number of carbonyl (C=O) groups excluding carboxylic acids is 1. The van der Waals surface area contributed by atoms with Crippen molar-refractivity contribution >= 4 is 11.7 Å². The second-order valence-electron chi connectivity index (χ2n) is 6.69. The van der Waals surface area contributed by atoms with Crippen LogP contribution >= 0.6 is 0 Å². The van der Waals surface area contributed by atoms with Gasteiger partial charge < -0.3 is 10.1 Å². The smallest absolute Gasteiger partial charge is 0.256 e. The molecule has 0 bridgehead atoms. The van der Waals surface area contributed by atoms with E-state index in [-0.39, 0.29) is 5.91 Å². The predicted molar refractivity (Wildman–Crippen MR) is 94.1 cm³/mol. The molecule has 1 aliphatic heterocycles. The van der Waals surface area contributed by atoms with Crippen LogP contribution in [-0.2, 0) is 16.1 Å². The Morgan fingerprint density at radius 3 is 2.72 bits per heavy atom. The Balaban J connectivity index is 1.33. The number of amides is 1. The van der Waals surface area contributed by atoms with Crippen LogP contribution in [0.4, 0.5) is 5.82 Å². The first-order chi connectivity index (χ1) is 12.3. The Hall–Kier alpha value is -2.31. The highest BCUT2D eigenvalue weighted by Gasteiger charge is 2.28. The number of hydrogen-bond acceptors (Lipinski definition) is 5. The van der Waals surface area contributed by atoms with Crippen LogP contribution in [-0.4, -0.2) is 46.8 Å². The maximum absolute atomic E-state index is 12.5. The van der Waals surface area contributed by atoms with Gasteiger partial charge in [0.15, 0.2) is 5.82 Å². The summed E-state index contributed by atoms with van der Waals surface area (Å²) >= 11 is 0. The summed E-state index contributed by atoms with van der Waals surface area (Å²) in [5.74, 6) is 0.884. The number of nitrogens with one attached hydrogen (secondary N) is 1. The molecule has 0 radical (unpaired) electrons. The maximum Gasteiger partial charge on any atom is 0.256 e. The summed E-state index contributed by atoms with van der Waals surface area (Å²) in [6, 6.07) is 14.0. The number of nitrogens with zero attached hydrogens (tertiary/aromatic N) is 3. The number of rotatable bonds is 5. The highest BCUT2D eigenvalue weighted by molar-refractivity contribution is 5.93.